The second-order valence-corrected chi connectivity index (χ2v) is 2.77. The van der Waals surface area contributed by atoms with Crippen LogP contribution in [0.2, 0.25) is 0 Å². The van der Waals surface area contributed by atoms with E-state index in [1.165, 1.54) is 6.07 Å². The van der Waals surface area contributed by atoms with Gasteiger partial charge in [0.1, 0.15) is 12.4 Å². The van der Waals surface area contributed by atoms with Crippen LogP contribution in [0.4, 0.5) is 0 Å². The fourth-order valence-electron chi connectivity index (χ4n) is 0.758. The Morgan fingerprint density at radius 3 is 2.83 bits per heavy atom. The van der Waals surface area contributed by atoms with Crippen LogP contribution in [-0.2, 0) is 11.3 Å². The molecule has 0 unspecified atom stereocenters. The van der Waals surface area contributed by atoms with E-state index < -0.39 is 0 Å². The van der Waals surface area contributed by atoms with Crippen molar-refractivity contribution >= 4 is 0 Å². The van der Waals surface area contributed by atoms with Crippen molar-refractivity contribution in [3.05, 3.63) is 34.4 Å². The van der Waals surface area contributed by atoms with Gasteiger partial charge < -0.3 is 9.15 Å². The molecule has 0 aliphatic carbocycles. The molecule has 3 heteroatoms. The van der Waals surface area contributed by atoms with Crippen LogP contribution < -0.4 is 5.63 Å². The largest absolute Gasteiger partial charge is 0.425 e. The maximum Gasteiger partial charge on any atom is 0.335 e. The van der Waals surface area contributed by atoms with Crippen molar-refractivity contribution in [2.24, 2.45) is 0 Å². The Balaban J connectivity index is 2.58. The van der Waals surface area contributed by atoms with Gasteiger partial charge in [-0.05, 0) is 19.9 Å². The van der Waals surface area contributed by atoms with Gasteiger partial charge in [0.25, 0.3) is 0 Å². The van der Waals surface area contributed by atoms with Gasteiger partial charge >= 0.3 is 5.63 Å². The molecule has 1 aromatic rings. The first-order valence-electron chi connectivity index (χ1n) is 3.89. The first-order valence-corrected chi connectivity index (χ1v) is 3.89. The second-order valence-electron chi connectivity index (χ2n) is 2.77. The van der Waals surface area contributed by atoms with Crippen LogP contribution in [0, 0.1) is 0 Å². The SMILES string of the molecule is CC(C)OCc1cccc(=O)o1. The minimum atomic E-state index is -0.333. The van der Waals surface area contributed by atoms with E-state index >= 15 is 0 Å². The fraction of sp³-hybridized carbons (Fsp3) is 0.444. The summed E-state index contributed by atoms with van der Waals surface area (Å²) >= 11 is 0. The van der Waals surface area contributed by atoms with Gasteiger partial charge in [-0.15, -0.1) is 0 Å². The normalized spacial score (nSPS) is 10.6. The summed E-state index contributed by atoms with van der Waals surface area (Å²) in [5, 5.41) is 0. The summed E-state index contributed by atoms with van der Waals surface area (Å²) in [6.45, 7) is 4.22. The van der Waals surface area contributed by atoms with Gasteiger partial charge in [0.2, 0.25) is 0 Å². The summed E-state index contributed by atoms with van der Waals surface area (Å²) < 4.78 is 10.1. The Bertz CT molecular complexity index is 288. The van der Waals surface area contributed by atoms with Crippen molar-refractivity contribution in [2.75, 3.05) is 0 Å². The topological polar surface area (TPSA) is 39.4 Å². The van der Waals surface area contributed by atoms with Crippen LogP contribution in [0.3, 0.4) is 0 Å². The first kappa shape index (κ1) is 9.00. The summed E-state index contributed by atoms with van der Waals surface area (Å²) in [5.74, 6) is 0.566. The molecule has 1 heterocycles. The van der Waals surface area contributed by atoms with Gasteiger partial charge in [-0.25, -0.2) is 4.79 Å². The van der Waals surface area contributed by atoms with E-state index in [4.69, 9.17) is 9.15 Å². The molecule has 0 saturated carbocycles. The fourth-order valence-corrected chi connectivity index (χ4v) is 0.758. The molecule has 0 saturated heterocycles. The van der Waals surface area contributed by atoms with Crippen molar-refractivity contribution in [3.8, 4) is 0 Å². The molecule has 0 fully saturated rings. The van der Waals surface area contributed by atoms with E-state index in [0.717, 1.165) is 0 Å². The third-order valence-corrected chi connectivity index (χ3v) is 1.31. The molecule has 0 spiro atoms. The third kappa shape index (κ3) is 2.88. The van der Waals surface area contributed by atoms with Crippen LogP contribution in [-0.4, -0.2) is 6.10 Å². The van der Waals surface area contributed by atoms with Crippen molar-refractivity contribution in [1.29, 1.82) is 0 Å². The van der Waals surface area contributed by atoms with Crippen LogP contribution in [0.1, 0.15) is 19.6 Å². The van der Waals surface area contributed by atoms with Crippen molar-refractivity contribution in [2.45, 2.75) is 26.6 Å². The van der Waals surface area contributed by atoms with Crippen LogP contribution in [0.5, 0.6) is 0 Å². The molecule has 3 nitrogen and oxygen atoms in total. The molecule has 0 bridgehead atoms. The maximum absolute atomic E-state index is 10.7. The number of hydrogen-bond acceptors (Lipinski definition) is 3. The smallest absolute Gasteiger partial charge is 0.335 e. The number of hydrogen-bond donors (Lipinski definition) is 0. The third-order valence-electron chi connectivity index (χ3n) is 1.31. The van der Waals surface area contributed by atoms with E-state index in [-0.39, 0.29) is 11.7 Å². The highest BCUT2D eigenvalue weighted by Crippen LogP contribution is 1.99. The zero-order valence-electron chi connectivity index (χ0n) is 7.24. The van der Waals surface area contributed by atoms with Crippen molar-refractivity contribution in [3.63, 3.8) is 0 Å². The van der Waals surface area contributed by atoms with Crippen molar-refractivity contribution in [1.82, 2.24) is 0 Å². The van der Waals surface area contributed by atoms with Gasteiger partial charge in [0.05, 0.1) is 6.10 Å². The van der Waals surface area contributed by atoms with Gasteiger partial charge in [0, 0.05) is 6.07 Å². The molecule has 0 aliphatic rings. The Morgan fingerprint density at radius 2 is 2.25 bits per heavy atom. The molecule has 1 aromatic heterocycles. The highest BCUT2D eigenvalue weighted by Gasteiger charge is 1.97. The molecule has 0 atom stereocenters. The molecular weight excluding hydrogens is 156 g/mol. The van der Waals surface area contributed by atoms with Crippen molar-refractivity contribution < 1.29 is 9.15 Å². The standard InChI is InChI=1S/C9H12O3/c1-7(2)11-6-8-4-3-5-9(10)12-8/h3-5,7H,6H2,1-2H3. The highest BCUT2D eigenvalue weighted by molar-refractivity contribution is 4.97. The molecule has 0 N–H and O–H groups in total. The first-order chi connectivity index (χ1) is 5.68. The van der Waals surface area contributed by atoms with Crippen LogP contribution in [0.25, 0.3) is 0 Å². The van der Waals surface area contributed by atoms with Gasteiger partial charge in [-0.2, -0.15) is 0 Å². The van der Waals surface area contributed by atoms with Gasteiger partial charge in [0.15, 0.2) is 0 Å². The lowest BCUT2D eigenvalue weighted by molar-refractivity contribution is 0.0528. The van der Waals surface area contributed by atoms with E-state index in [2.05, 4.69) is 0 Å². The summed E-state index contributed by atoms with van der Waals surface area (Å²) in [7, 11) is 0. The zero-order chi connectivity index (χ0) is 8.97. The lowest BCUT2D eigenvalue weighted by Gasteiger charge is -2.05. The Labute approximate surface area is 71.0 Å². The Morgan fingerprint density at radius 1 is 1.50 bits per heavy atom. The predicted molar refractivity (Wildman–Crippen MR) is 44.9 cm³/mol. The molecule has 66 valence electrons. The van der Waals surface area contributed by atoms with E-state index in [1.807, 2.05) is 13.8 Å². The zero-order valence-corrected chi connectivity index (χ0v) is 7.24. The van der Waals surface area contributed by atoms with Crippen LogP contribution >= 0.6 is 0 Å². The van der Waals surface area contributed by atoms with Crippen LogP contribution in [0.15, 0.2) is 27.4 Å². The summed E-state index contributed by atoms with van der Waals surface area (Å²) in [4.78, 5) is 10.7. The second kappa shape index (κ2) is 4.07. The van der Waals surface area contributed by atoms with Gasteiger partial charge in [-0.1, -0.05) is 6.07 Å². The van der Waals surface area contributed by atoms with E-state index in [0.29, 0.717) is 12.4 Å². The van der Waals surface area contributed by atoms with E-state index in [9.17, 15) is 4.79 Å². The average Bonchev–Trinajstić information content (AvgIpc) is 2.01. The average molecular weight is 168 g/mol. The van der Waals surface area contributed by atoms with Gasteiger partial charge in [-0.3, -0.25) is 0 Å². The molecule has 1 rings (SSSR count). The molecular formula is C9H12O3. The Kier molecular flexibility index (Phi) is 3.05. The molecule has 0 aliphatic heterocycles. The molecule has 0 aromatic carbocycles. The molecule has 0 amide bonds. The van der Waals surface area contributed by atoms with E-state index in [1.54, 1.807) is 12.1 Å². The molecule has 0 radical (unpaired) electrons. The summed E-state index contributed by atoms with van der Waals surface area (Å²) in [6.07, 6.45) is 0.149. The lowest BCUT2D eigenvalue weighted by Crippen LogP contribution is -2.04. The quantitative estimate of drug-likeness (QED) is 0.687. The monoisotopic (exact) mass is 168 g/mol. The summed E-state index contributed by atoms with van der Waals surface area (Å²) in [5.41, 5.74) is -0.333. The molecule has 12 heavy (non-hydrogen) atoms. The minimum absolute atomic E-state index is 0.149. The maximum atomic E-state index is 10.7. The highest BCUT2D eigenvalue weighted by atomic mass is 16.5. The predicted octanol–water partition coefficient (Wildman–Crippen LogP) is 1.56. The summed E-state index contributed by atoms with van der Waals surface area (Å²) in [6, 6.07) is 4.76. The lowest BCUT2D eigenvalue weighted by atomic mass is 10.4. The Hall–Kier alpha value is -1.09. The number of rotatable bonds is 3. The number of ether oxygens (including phenoxy) is 1. The minimum Gasteiger partial charge on any atom is -0.425 e.